The quantitative estimate of drug-likeness (QED) is 0.278. The van der Waals surface area contributed by atoms with Gasteiger partial charge in [-0.05, 0) is 73.7 Å². The van der Waals surface area contributed by atoms with Gasteiger partial charge in [-0.2, -0.15) is 0 Å². The molecule has 0 atom stereocenters. The number of ether oxygens (including phenoxy) is 1. The molecule has 0 aliphatic heterocycles. The molecule has 1 aromatic heterocycles. The van der Waals surface area contributed by atoms with Gasteiger partial charge in [-0.15, -0.1) is 0 Å². The molecule has 0 saturated heterocycles. The van der Waals surface area contributed by atoms with Gasteiger partial charge in [-0.25, -0.2) is 4.98 Å². The van der Waals surface area contributed by atoms with E-state index in [9.17, 15) is 4.79 Å². The SMILES string of the molecule is Cc1ccccc1CC(=O)NCCc1nc2ccccc2n1CCCOc1cc(C)c(Cl)c(C)c1. The number of fused-ring (bicyclic) bond motifs is 1. The van der Waals surface area contributed by atoms with E-state index in [1.165, 1.54) is 0 Å². The number of nitrogens with one attached hydrogen (secondary N) is 1. The van der Waals surface area contributed by atoms with E-state index in [1.807, 2.05) is 75.4 Å². The van der Waals surface area contributed by atoms with Crippen molar-refractivity contribution in [3.05, 3.63) is 93.8 Å². The molecule has 0 radical (unpaired) electrons. The number of imidazole rings is 1. The summed E-state index contributed by atoms with van der Waals surface area (Å²) in [7, 11) is 0. The maximum Gasteiger partial charge on any atom is 0.224 e. The van der Waals surface area contributed by atoms with Gasteiger partial charge in [0.25, 0.3) is 0 Å². The average Bonchev–Trinajstić information content (AvgIpc) is 3.19. The minimum atomic E-state index is 0.0314. The van der Waals surface area contributed by atoms with Crippen LogP contribution in [0.25, 0.3) is 11.0 Å². The Morgan fingerprint density at radius 3 is 2.49 bits per heavy atom. The lowest BCUT2D eigenvalue weighted by molar-refractivity contribution is -0.120. The van der Waals surface area contributed by atoms with Crippen LogP contribution in [0.1, 0.15) is 34.5 Å². The van der Waals surface area contributed by atoms with Crippen LogP contribution in [0, 0.1) is 20.8 Å². The van der Waals surface area contributed by atoms with E-state index in [2.05, 4.69) is 16.0 Å². The Balaban J connectivity index is 1.35. The Morgan fingerprint density at radius 2 is 1.71 bits per heavy atom. The van der Waals surface area contributed by atoms with Gasteiger partial charge in [-0.1, -0.05) is 48.0 Å². The minimum absolute atomic E-state index is 0.0314. The van der Waals surface area contributed by atoms with E-state index in [1.54, 1.807) is 0 Å². The Hall–Kier alpha value is -3.31. The molecule has 0 bridgehead atoms. The summed E-state index contributed by atoms with van der Waals surface area (Å²) in [5, 5.41) is 3.84. The minimum Gasteiger partial charge on any atom is -0.494 e. The standard InChI is InChI=1S/C29H32ClN3O2/c1-20-9-4-5-10-23(20)19-28(34)31-14-13-27-32-25-11-6-7-12-26(25)33(27)15-8-16-35-24-17-21(2)29(30)22(3)18-24/h4-7,9-12,17-18H,8,13-16,19H2,1-3H3,(H,31,34). The molecule has 4 rings (SSSR count). The molecule has 182 valence electrons. The number of carbonyl (C=O) groups is 1. The van der Waals surface area contributed by atoms with Crippen molar-refractivity contribution in [1.82, 2.24) is 14.9 Å². The summed E-state index contributed by atoms with van der Waals surface area (Å²) in [6.45, 7) is 7.95. The highest BCUT2D eigenvalue weighted by Crippen LogP contribution is 2.26. The highest BCUT2D eigenvalue weighted by molar-refractivity contribution is 6.32. The van der Waals surface area contributed by atoms with Crippen molar-refractivity contribution < 1.29 is 9.53 Å². The molecule has 0 fully saturated rings. The molecular weight excluding hydrogens is 458 g/mol. The molecule has 0 unspecified atom stereocenters. The van der Waals surface area contributed by atoms with Crippen LogP contribution in [0.2, 0.25) is 5.02 Å². The van der Waals surface area contributed by atoms with Gasteiger partial charge in [0.2, 0.25) is 5.91 Å². The van der Waals surface area contributed by atoms with Crippen LogP contribution in [0.5, 0.6) is 5.75 Å². The molecule has 0 aliphatic rings. The number of benzene rings is 3. The smallest absolute Gasteiger partial charge is 0.224 e. The zero-order chi connectivity index (χ0) is 24.8. The van der Waals surface area contributed by atoms with Crippen molar-refractivity contribution >= 4 is 28.5 Å². The number of aryl methyl sites for hydroxylation is 4. The summed E-state index contributed by atoms with van der Waals surface area (Å²) in [4.78, 5) is 17.3. The van der Waals surface area contributed by atoms with E-state index >= 15 is 0 Å². The van der Waals surface area contributed by atoms with E-state index < -0.39 is 0 Å². The third-order valence-electron chi connectivity index (χ3n) is 6.22. The van der Waals surface area contributed by atoms with Crippen LogP contribution in [-0.4, -0.2) is 28.6 Å². The zero-order valence-electron chi connectivity index (χ0n) is 20.6. The van der Waals surface area contributed by atoms with E-state index in [0.717, 1.165) is 62.8 Å². The van der Waals surface area contributed by atoms with Crippen molar-refractivity contribution in [3.63, 3.8) is 0 Å². The Kier molecular flexibility index (Phi) is 8.09. The Labute approximate surface area is 212 Å². The van der Waals surface area contributed by atoms with Gasteiger partial charge in [0, 0.05) is 24.5 Å². The van der Waals surface area contributed by atoms with Crippen LogP contribution >= 0.6 is 11.6 Å². The fourth-order valence-electron chi connectivity index (χ4n) is 4.33. The summed E-state index contributed by atoms with van der Waals surface area (Å²) in [5.41, 5.74) is 6.31. The molecule has 1 amide bonds. The van der Waals surface area contributed by atoms with Gasteiger partial charge in [0.1, 0.15) is 11.6 Å². The molecule has 0 saturated carbocycles. The van der Waals surface area contributed by atoms with Crippen LogP contribution in [0.4, 0.5) is 0 Å². The number of nitrogens with zero attached hydrogens (tertiary/aromatic N) is 2. The first kappa shape index (κ1) is 24.8. The summed E-state index contributed by atoms with van der Waals surface area (Å²) < 4.78 is 8.24. The third kappa shape index (κ3) is 6.23. The summed E-state index contributed by atoms with van der Waals surface area (Å²) in [5.74, 6) is 1.85. The number of amides is 1. The predicted molar refractivity (Wildman–Crippen MR) is 142 cm³/mol. The number of hydrogen-bond acceptors (Lipinski definition) is 3. The molecule has 4 aromatic rings. The molecule has 5 nitrogen and oxygen atoms in total. The van der Waals surface area contributed by atoms with Gasteiger partial charge < -0.3 is 14.6 Å². The Morgan fingerprint density at radius 1 is 1.00 bits per heavy atom. The predicted octanol–water partition coefficient (Wildman–Crippen LogP) is 5.99. The van der Waals surface area contributed by atoms with Gasteiger partial charge in [-0.3, -0.25) is 4.79 Å². The fourth-order valence-corrected chi connectivity index (χ4v) is 4.43. The molecule has 0 aliphatic carbocycles. The van der Waals surface area contributed by atoms with E-state index in [-0.39, 0.29) is 5.91 Å². The Bertz CT molecular complexity index is 1310. The number of aromatic nitrogens is 2. The molecule has 1 N–H and O–H groups in total. The normalized spacial score (nSPS) is 11.1. The highest BCUT2D eigenvalue weighted by Gasteiger charge is 2.12. The summed E-state index contributed by atoms with van der Waals surface area (Å²) in [6, 6.07) is 20.1. The van der Waals surface area contributed by atoms with Crippen LogP contribution < -0.4 is 10.1 Å². The van der Waals surface area contributed by atoms with Crippen molar-refractivity contribution in [2.24, 2.45) is 0 Å². The number of rotatable bonds is 10. The van der Waals surface area contributed by atoms with Crippen LogP contribution in [-0.2, 0) is 24.2 Å². The summed E-state index contributed by atoms with van der Waals surface area (Å²) in [6.07, 6.45) is 1.91. The van der Waals surface area contributed by atoms with E-state index in [0.29, 0.717) is 26.0 Å². The summed E-state index contributed by atoms with van der Waals surface area (Å²) >= 11 is 6.27. The average molecular weight is 490 g/mol. The highest BCUT2D eigenvalue weighted by atomic mass is 35.5. The molecule has 1 heterocycles. The lowest BCUT2D eigenvalue weighted by atomic mass is 10.1. The molecule has 0 spiro atoms. The van der Waals surface area contributed by atoms with Crippen LogP contribution in [0.15, 0.2) is 60.7 Å². The first-order valence-corrected chi connectivity index (χ1v) is 12.4. The second-order valence-corrected chi connectivity index (χ2v) is 9.32. The maximum absolute atomic E-state index is 12.5. The molecule has 3 aromatic carbocycles. The third-order valence-corrected chi connectivity index (χ3v) is 6.82. The lowest BCUT2D eigenvalue weighted by Gasteiger charge is -2.12. The largest absolute Gasteiger partial charge is 0.494 e. The van der Waals surface area contributed by atoms with Gasteiger partial charge >= 0.3 is 0 Å². The number of carbonyl (C=O) groups excluding carboxylic acids is 1. The van der Waals surface area contributed by atoms with Crippen LogP contribution in [0.3, 0.4) is 0 Å². The van der Waals surface area contributed by atoms with Gasteiger partial charge in [0.15, 0.2) is 0 Å². The first-order chi connectivity index (χ1) is 16.9. The molecular formula is C29H32ClN3O2. The number of hydrogen-bond donors (Lipinski definition) is 1. The van der Waals surface area contributed by atoms with Gasteiger partial charge in [0.05, 0.1) is 24.1 Å². The zero-order valence-corrected chi connectivity index (χ0v) is 21.4. The lowest BCUT2D eigenvalue weighted by Crippen LogP contribution is -2.28. The second kappa shape index (κ2) is 11.4. The number of halogens is 1. The second-order valence-electron chi connectivity index (χ2n) is 8.94. The molecule has 6 heteroatoms. The van der Waals surface area contributed by atoms with Crippen molar-refractivity contribution in [1.29, 1.82) is 0 Å². The number of para-hydroxylation sites is 2. The van der Waals surface area contributed by atoms with E-state index in [4.69, 9.17) is 21.3 Å². The topological polar surface area (TPSA) is 56.2 Å². The van der Waals surface area contributed by atoms with Crippen molar-refractivity contribution in [2.45, 2.75) is 46.6 Å². The van der Waals surface area contributed by atoms with Crippen molar-refractivity contribution in [2.75, 3.05) is 13.2 Å². The fraction of sp³-hybridized carbons (Fsp3) is 0.310. The maximum atomic E-state index is 12.5. The first-order valence-electron chi connectivity index (χ1n) is 12.1. The monoisotopic (exact) mass is 489 g/mol. The van der Waals surface area contributed by atoms with Crippen molar-refractivity contribution in [3.8, 4) is 5.75 Å². The molecule has 35 heavy (non-hydrogen) atoms.